The van der Waals surface area contributed by atoms with E-state index in [1.165, 1.54) is 12.0 Å². The number of fused-ring (bicyclic) bond motifs is 1. The molecule has 1 aliphatic heterocycles. The van der Waals surface area contributed by atoms with Crippen molar-refractivity contribution in [2.45, 2.75) is 116 Å². The van der Waals surface area contributed by atoms with E-state index in [0.717, 1.165) is 57.1 Å². The van der Waals surface area contributed by atoms with Gasteiger partial charge in [0.25, 0.3) is 0 Å². The minimum absolute atomic E-state index is 0.0312. The predicted molar refractivity (Wildman–Crippen MR) is 119 cm³/mol. The number of allylic oxidation sites excluding steroid dienone is 2. The Morgan fingerprint density at radius 1 is 1.24 bits per heavy atom. The summed E-state index contributed by atoms with van der Waals surface area (Å²) in [5.41, 5.74) is 2.45. The van der Waals surface area contributed by atoms with E-state index in [2.05, 4.69) is 40.8 Å². The zero-order chi connectivity index (χ0) is 21.3. The van der Waals surface area contributed by atoms with Gasteiger partial charge in [0.1, 0.15) is 0 Å². The van der Waals surface area contributed by atoms with E-state index in [9.17, 15) is 4.79 Å². The lowest BCUT2D eigenvalue weighted by atomic mass is 9.76. The van der Waals surface area contributed by atoms with Crippen molar-refractivity contribution in [3.63, 3.8) is 0 Å². The van der Waals surface area contributed by atoms with Gasteiger partial charge >= 0.3 is 0 Å². The Hall–Kier alpha value is -0.493. The molecule has 2 aliphatic carbocycles. The SMILES string of the molecule is CC(C)(C)[Si](C)(C)O[C@]1(C)CCC2=C(CCCOC3CCCCO3)C(=O)C[C@@H]2C1. The second-order valence-electron chi connectivity index (χ2n) is 11.1. The maximum absolute atomic E-state index is 12.7. The first-order valence-electron chi connectivity index (χ1n) is 11.7. The van der Waals surface area contributed by atoms with Crippen LogP contribution in [0.4, 0.5) is 0 Å². The summed E-state index contributed by atoms with van der Waals surface area (Å²) in [6, 6.07) is 0. The highest BCUT2D eigenvalue weighted by Crippen LogP contribution is 2.49. The Labute approximate surface area is 178 Å². The molecule has 0 spiro atoms. The van der Waals surface area contributed by atoms with Gasteiger partial charge in [0, 0.05) is 13.0 Å². The molecule has 3 rings (SSSR count). The number of hydrogen-bond acceptors (Lipinski definition) is 4. The molecule has 0 aromatic heterocycles. The third-order valence-electron chi connectivity index (χ3n) is 7.57. The summed E-state index contributed by atoms with van der Waals surface area (Å²) < 4.78 is 18.3. The molecule has 0 bridgehead atoms. The van der Waals surface area contributed by atoms with Crippen molar-refractivity contribution in [1.82, 2.24) is 0 Å². The van der Waals surface area contributed by atoms with Gasteiger partial charge in [-0.2, -0.15) is 0 Å². The van der Waals surface area contributed by atoms with Gasteiger partial charge in [0.2, 0.25) is 0 Å². The van der Waals surface area contributed by atoms with E-state index in [-0.39, 0.29) is 16.9 Å². The Kier molecular flexibility index (Phi) is 7.14. The van der Waals surface area contributed by atoms with E-state index in [0.29, 0.717) is 24.7 Å². The van der Waals surface area contributed by atoms with E-state index in [1.54, 1.807) is 0 Å². The smallest absolute Gasteiger partial charge is 0.192 e. The maximum atomic E-state index is 12.7. The van der Waals surface area contributed by atoms with Gasteiger partial charge in [0.15, 0.2) is 20.4 Å². The molecule has 3 atom stereocenters. The average molecular weight is 423 g/mol. The molecule has 29 heavy (non-hydrogen) atoms. The molecule has 5 heteroatoms. The Morgan fingerprint density at radius 2 is 2.00 bits per heavy atom. The standard InChI is InChI=1S/C24H42O4Si/c1-23(2,3)29(5,6)28-24(4)13-12-19-18(17-24)16-21(25)20(19)10-9-15-27-22-11-7-8-14-26-22/h18,22H,7-17H2,1-6H3/t18-,22?,24-/m1/s1. The molecular formula is C24H42O4Si. The molecular weight excluding hydrogens is 380 g/mol. The fraction of sp³-hybridized carbons (Fsp3) is 0.875. The molecule has 1 saturated carbocycles. The number of hydrogen-bond donors (Lipinski definition) is 0. The number of ether oxygens (including phenoxy) is 2. The number of carbonyl (C=O) groups is 1. The third-order valence-corrected chi connectivity index (χ3v) is 12.2. The first-order chi connectivity index (χ1) is 13.5. The van der Waals surface area contributed by atoms with Crippen LogP contribution in [0.15, 0.2) is 11.1 Å². The van der Waals surface area contributed by atoms with E-state index in [1.807, 2.05) is 0 Å². The van der Waals surface area contributed by atoms with Gasteiger partial charge < -0.3 is 13.9 Å². The Bertz CT molecular complexity index is 627. The van der Waals surface area contributed by atoms with Crippen LogP contribution >= 0.6 is 0 Å². The van der Waals surface area contributed by atoms with Gasteiger partial charge in [-0.05, 0) is 87.9 Å². The number of Topliss-reactive ketones (excluding diaryl/α,β-unsaturated/α-hetero) is 1. The molecule has 0 N–H and O–H groups in total. The van der Waals surface area contributed by atoms with Gasteiger partial charge in [-0.3, -0.25) is 4.79 Å². The van der Waals surface area contributed by atoms with Crippen LogP contribution in [-0.4, -0.2) is 39.2 Å². The maximum Gasteiger partial charge on any atom is 0.192 e. The highest BCUT2D eigenvalue weighted by atomic mass is 28.4. The summed E-state index contributed by atoms with van der Waals surface area (Å²) in [6.07, 6.45) is 8.81. The van der Waals surface area contributed by atoms with Gasteiger partial charge in [-0.25, -0.2) is 0 Å². The minimum Gasteiger partial charge on any atom is -0.412 e. The third kappa shape index (κ3) is 5.60. The minimum atomic E-state index is -1.81. The van der Waals surface area contributed by atoms with E-state index < -0.39 is 8.32 Å². The normalized spacial score (nSPS) is 31.3. The molecule has 1 heterocycles. The van der Waals surface area contributed by atoms with Crippen LogP contribution in [0.5, 0.6) is 0 Å². The molecule has 166 valence electrons. The summed E-state index contributed by atoms with van der Waals surface area (Å²) in [6.45, 7) is 15.4. The topological polar surface area (TPSA) is 44.8 Å². The highest BCUT2D eigenvalue weighted by molar-refractivity contribution is 6.74. The molecule has 2 fully saturated rings. The second-order valence-corrected chi connectivity index (χ2v) is 15.8. The molecule has 3 aliphatic rings. The fourth-order valence-electron chi connectivity index (χ4n) is 4.94. The summed E-state index contributed by atoms with van der Waals surface area (Å²) in [5.74, 6) is 0.763. The second kappa shape index (κ2) is 8.94. The zero-order valence-electron chi connectivity index (χ0n) is 19.6. The van der Waals surface area contributed by atoms with Crippen LogP contribution in [-0.2, 0) is 18.7 Å². The summed E-state index contributed by atoms with van der Waals surface area (Å²) in [5, 5.41) is 0.213. The highest BCUT2D eigenvalue weighted by Gasteiger charge is 2.47. The van der Waals surface area contributed by atoms with Crippen LogP contribution in [0.25, 0.3) is 0 Å². The fourth-order valence-corrected chi connectivity index (χ4v) is 6.66. The molecule has 0 amide bonds. The zero-order valence-corrected chi connectivity index (χ0v) is 20.6. The largest absolute Gasteiger partial charge is 0.412 e. The van der Waals surface area contributed by atoms with Gasteiger partial charge in [-0.15, -0.1) is 0 Å². The van der Waals surface area contributed by atoms with Crippen LogP contribution in [0.2, 0.25) is 18.1 Å². The Balaban J connectivity index is 1.54. The van der Waals surface area contributed by atoms with Gasteiger partial charge in [0.05, 0.1) is 12.2 Å². The molecule has 1 saturated heterocycles. The lowest BCUT2D eigenvalue weighted by Gasteiger charge is -2.47. The van der Waals surface area contributed by atoms with Crippen molar-refractivity contribution in [2.24, 2.45) is 5.92 Å². The Morgan fingerprint density at radius 3 is 2.66 bits per heavy atom. The van der Waals surface area contributed by atoms with Crippen LogP contribution in [0, 0.1) is 5.92 Å². The van der Waals surface area contributed by atoms with Crippen molar-refractivity contribution in [1.29, 1.82) is 0 Å². The van der Waals surface area contributed by atoms with E-state index in [4.69, 9.17) is 13.9 Å². The average Bonchev–Trinajstić information content (AvgIpc) is 2.92. The van der Waals surface area contributed by atoms with Crippen LogP contribution in [0.3, 0.4) is 0 Å². The molecule has 1 unspecified atom stereocenters. The van der Waals surface area contributed by atoms with Crippen molar-refractivity contribution < 1.29 is 18.7 Å². The number of carbonyl (C=O) groups excluding carboxylic acids is 1. The summed E-state index contributed by atoms with van der Waals surface area (Å²) in [7, 11) is -1.81. The first kappa shape index (κ1) is 23.2. The number of ketones is 1. The van der Waals surface area contributed by atoms with Crippen molar-refractivity contribution in [2.75, 3.05) is 13.2 Å². The summed E-state index contributed by atoms with van der Waals surface area (Å²) in [4.78, 5) is 12.7. The monoisotopic (exact) mass is 422 g/mol. The lowest BCUT2D eigenvalue weighted by molar-refractivity contribution is -0.162. The summed E-state index contributed by atoms with van der Waals surface area (Å²) >= 11 is 0. The van der Waals surface area contributed by atoms with Crippen LogP contribution < -0.4 is 0 Å². The molecule has 0 aromatic carbocycles. The quantitative estimate of drug-likeness (QED) is 0.364. The van der Waals surface area contributed by atoms with Crippen molar-refractivity contribution in [3.8, 4) is 0 Å². The first-order valence-corrected chi connectivity index (χ1v) is 14.6. The lowest BCUT2D eigenvalue weighted by Crippen LogP contribution is -2.50. The molecule has 4 nitrogen and oxygen atoms in total. The molecule has 0 radical (unpaired) electrons. The van der Waals surface area contributed by atoms with Crippen LogP contribution in [0.1, 0.15) is 85.5 Å². The predicted octanol–water partition coefficient (Wildman–Crippen LogP) is 6.16. The van der Waals surface area contributed by atoms with Crippen molar-refractivity contribution >= 4 is 14.1 Å². The van der Waals surface area contributed by atoms with E-state index >= 15 is 0 Å². The number of rotatable bonds is 7. The van der Waals surface area contributed by atoms with Gasteiger partial charge in [-0.1, -0.05) is 26.3 Å². The molecule has 0 aromatic rings. The van der Waals surface area contributed by atoms with Crippen molar-refractivity contribution in [3.05, 3.63) is 11.1 Å².